The molecule has 0 spiro atoms. The van der Waals surface area contributed by atoms with E-state index in [0.29, 0.717) is 17.2 Å². The van der Waals surface area contributed by atoms with Crippen LogP contribution in [0.15, 0.2) is 42.5 Å². The molecule has 1 amide bonds. The zero-order valence-electron chi connectivity index (χ0n) is 15.9. The van der Waals surface area contributed by atoms with Crippen LogP contribution in [0.4, 0.5) is 5.69 Å². The van der Waals surface area contributed by atoms with Crippen molar-refractivity contribution in [3.05, 3.63) is 53.6 Å². The predicted octanol–water partition coefficient (Wildman–Crippen LogP) is 2.09. The number of ether oxygens (including phenoxy) is 2. The number of amides is 1. The van der Waals surface area contributed by atoms with Gasteiger partial charge in [-0.2, -0.15) is 0 Å². The van der Waals surface area contributed by atoms with Crippen molar-refractivity contribution in [1.29, 1.82) is 0 Å². The Morgan fingerprint density at radius 2 is 1.78 bits per heavy atom. The van der Waals surface area contributed by atoms with Gasteiger partial charge in [-0.15, -0.1) is 0 Å². The first-order valence-corrected chi connectivity index (χ1v) is 10.1. The highest BCUT2D eigenvalue weighted by atomic mass is 32.2. The summed E-state index contributed by atoms with van der Waals surface area (Å²) >= 11 is 0. The van der Waals surface area contributed by atoms with E-state index in [1.807, 2.05) is 13.0 Å². The van der Waals surface area contributed by atoms with Gasteiger partial charge in [-0.1, -0.05) is 18.2 Å². The summed E-state index contributed by atoms with van der Waals surface area (Å²) in [4.78, 5) is 12.3. The Morgan fingerprint density at radius 1 is 1.07 bits per heavy atom. The van der Waals surface area contributed by atoms with Crippen molar-refractivity contribution in [2.45, 2.75) is 13.5 Å². The lowest BCUT2D eigenvalue weighted by molar-refractivity contribution is -0.119. The first-order chi connectivity index (χ1) is 12.7. The maximum atomic E-state index is 12.3. The molecule has 2 aromatic rings. The average molecular weight is 392 g/mol. The smallest absolute Gasteiger partial charge is 0.241 e. The van der Waals surface area contributed by atoms with Gasteiger partial charge in [-0.25, -0.2) is 8.42 Å². The fraction of sp³-hybridized carbons (Fsp3) is 0.316. The molecule has 0 heterocycles. The van der Waals surface area contributed by atoms with Crippen LogP contribution < -0.4 is 19.1 Å². The zero-order valence-corrected chi connectivity index (χ0v) is 16.7. The van der Waals surface area contributed by atoms with Crippen LogP contribution >= 0.6 is 0 Å². The topological polar surface area (TPSA) is 84.9 Å². The SMILES string of the molecule is COc1ccc(CNC(=O)CN(c2cccc(C)c2)S(C)(=O)=O)cc1OC. The molecule has 0 fully saturated rings. The first kappa shape index (κ1) is 20.6. The van der Waals surface area contributed by atoms with Crippen LogP contribution in [0.3, 0.4) is 0 Å². The van der Waals surface area contributed by atoms with Gasteiger partial charge in [0, 0.05) is 6.54 Å². The van der Waals surface area contributed by atoms with Crippen LogP contribution in [0.5, 0.6) is 11.5 Å². The first-order valence-electron chi connectivity index (χ1n) is 8.26. The molecule has 1 N–H and O–H groups in total. The number of hydrogen-bond acceptors (Lipinski definition) is 5. The van der Waals surface area contributed by atoms with E-state index in [0.717, 1.165) is 21.7 Å². The van der Waals surface area contributed by atoms with Crippen LogP contribution in [0, 0.1) is 6.92 Å². The normalized spacial score (nSPS) is 11.0. The molecule has 0 aliphatic carbocycles. The molecule has 2 aromatic carbocycles. The van der Waals surface area contributed by atoms with Gasteiger partial charge in [-0.05, 0) is 42.3 Å². The van der Waals surface area contributed by atoms with Crippen LogP contribution in [0.25, 0.3) is 0 Å². The van der Waals surface area contributed by atoms with Crippen molar-refractivity contribution in [2.75, 3.05) is 31.3 Å². The fourth-order valence-corrected chi connectivity index (χ4v) is 3.41. The largest absolute Gasteiger partial charge is 0.493 e. The Labute approximate surface area is 160 Å². The predicted molar refractivity (Wildman–Crippen MR) is 105 cm³/mol. The average Bonchev–Trinajstić information content (AvgIpc) is 2.63. The van der Waals surface area contributed by atoms with Crippen LogP contribution in [-0.2, 0) is 21.4 Å². The van der Waals surface area contributed by atoms with Gasteiger partial charge < -0.3 is 14.8 Å². The summed E-state index contributed by atoms with van der Waals surface area (Å²) in [5.74, 6) is 0.744. The van der Waals surface area contributed by atoms with E-state index >= 15 is 0 Å². The van der Waals surface area contributed by atoms with E-state index in [-0.39, 0.29) is 13.1 Å². The third-order valence-corrected chi connectivity index (χ3v) is 5.06. The second kappa shape index (κ2) is 8.77. The Hall–Kier alpha value is -2.74. The number of methoxy groups -OCH3 is 2. The standard InChI is InChI=1S/C19H24N2O5S/c1-14-6-5-7-16(10-14)21(27(4,23)24)13-19(22)20-12-15-8-9-17(25-2)18(11-15)26-3/h5-11H,12-13H2,1-4H3,(H,20,22). The highest BCUT2D eigenvalue weighted by molar-refractivity contribution is 7.92. The van der Waals surface area contributed by atoms with Gasteiger partial charge in [0.05, 0.1) is 26.2 Å². The molecule has 8 heteroatoms. The minimum absolute atomic E-state index is 0.241. The van der Waals surface area contributed by atoms with E-state index in [9.17, 15) is 13.2 Å². The maximum Gasteiger partial charge on any atom is 0.241 e. The van der Waals surface area contributed by atoms with Crippen molar-refractivity contribution in [3.63, 3.8) is 0 Å². The number of rotatable bonds is 8. The third kappa shape index (κ3) is 5.62. The van der Waals surface area contributed by atoms with Crippen LogP contribution in [0.1, 0.15) is 11.1 Å². The Kier molecular flexibility index (Phi) is 6.68. The second-order valence-electron chi connectivity index (χ2n) is 6.07. The number of carbonyl (C=O) groups excluding carboxylic acids is 1. The quantitative estimate of drug-likeness (QED) is 0.744. The number of hydrogen-bond donors (Lipinski definition) is 1. The molecular formula is C19H24N2O5S. The number of carbonyl (C=O) groups is 1. The molecular weight excluding hydrogens is 368 g/mol. The Balaban J connectivity index is 2.08. The fourth-order valence-electron chi connectivity index (χ4n) is 2.56. The molecule has 7 nitrogen and oxygen atoms in total. The summed E-state index contributed by atoms with van der Waals surface area (Å²) in [5, 5.41) is 2.73. The lowest BCUT2D eigenvalue weighted by Gasteiger charge is -2.22. The molecule has 27 heavy (non-hydrogen) atoms. The summed E-state index contributed by atoms with van der Waals surface area (Å²) in [5.41, 5.74) is 2.17. The molecule has 0 saturated carbocycles. The number of nitrogens with one attached hydrogen (secondary N) is 1. The maximum absolute atomic E-state index is 12.3. The highest BCUT2D eigenvalue weighted by Gasteiger charge is 2.20. The van der Waals surface area contributed by atoms with Crippen LogP contribution in [0.2, 0.25) is 0 Å². The zero-order chi connectivity index (χ0) is 20.0. The lowest BCUT2D eigenvalue weighted by Crippen LogP contribution is -2.40. The summed E-state index contributed by atoms with van der Waals surface area (Å²) in [6.07, 6.45) is 1.08. The molecule has 0 aromatic heterocycles. The summed E-state index contributed by atoms with van der Waals surface area (Å²) in [6.45, 7) is 1.81. The van der Waals surface area contributed by atoms with E-state index in [2.05, 4.69) is 5.32 Å². The highest BCUT2D eigenvalue weighted by Crippen LogP contribution is 2.27. The van der Waals surface area contributed by atoms with Gasteiger partial charge in [0.1, 0.15) is 6.54 Å². The Bertz CT molecular complexity index is 912. The molecule has 0 saturated heterocycles. The van der Waals surface area contributed by atoms with Gasteiger partial charge in [-0.3, -0.25) is 9.10 Å². The number of anilines is 1. The minimum atomic E-state index is -3.60. The van der Waals surface area contributed by atoms with Crippen molar-refractivity contribution in [2.24, 2.45) is 0 Å². The number of aryl methyl sites for hydroxylation is 1. The van der Waals surface area contributed by atoms with Crippen molar-refractivity contribution in [1.82, 2.24) is 5.32 Å². The van der Waals surface area contributed by atoms with E-state index in [1.165, 1.54) is 7.11 Å². The lowest BCUT2D eigenvalue weighted by atomic mass is 10.2. The summed E-state index contributed by atoms with van der Waals surface area (Å²) in [7, 11) is -0.517. The van der Waals surface area contributed by atoms with Crippen molar-refractivity contribution < 1.29 is 22.7 Å². The number of benzene rings is 2. The molecule has 0 radical (unpaired) electrons. The molecule has 0 aliphatic heterocycles. The van der Waals surface area contributed by atoms with Gasteiger partial charge in [0.25, 0.3) is 0 Å². The number of nitrogens with zero attached hydrogens (tertiary/aromatic N) is 1. The van der Waals surface area contributed by atoms with Crippen LogP contribution in [-0.4, -0.2) is 41.3 Å². The molecule has 0 bridgehead atoms. The minimum Gasteiger partial charge on any atom is -0.493 e. The van der Waals surface area contributed by atoms with E-state index in [4.69, 9.17) is 9.47 Å². The number of sulfonamides is 1. The molecule has 2 rings (SSSR count). The molecule has 0 atom stereocenters. The summed E-state index contributed by atoms with van der Waals surface area (Å²) in [6, 6.07) is 12.3. The Morgan fingerprint density at radius 3 is 2.37 bits per heavy atom. The monoisotopic (exact) mass is 392 g/mol. The van der Waals surface area contributed by atoms with E-state index < -0.39 is 15.9 Å². The molecule has 0 unspecified atom stereocenters. The van der Waals surface area contributed by atoms with Gasteiger partial charge in [0.15, 0.2) is 11.5 Å². The third-order valence-electron chi connectivity index (χ3n) is 3.91. The molecule has 0 aliphatic rings. The molecule has 146 valence electrons. The van der Waals surface area contributed by atoms with Crippen molar-refractivity contribution in [3.8, 4) is 11.5 Å². The van der Waals surface area contributed by atoms with Gasteiger partial charge in [0.2, 0.25) is 15.9 Å². The van der Waals surface area contributed by atoms with Crippen molar-refractivity contribution >= 4 is 21.6 Å². The second-order valence-corrected chi connectivity index (χ2v) is 7.98. The van der Waals surface area contributed by atoms with Gasteiger partial charge >= 0.3 is 0 Å². The van der Waals surface area contributed by atoms with E-state index in [1.54, 1.807) is 43.5 Å². The summed E-state index contributed by atoms with van der Waals surface area (Å²) < 4.78 is 35.7.